The standard InChI is InChI=1S/C19H12F2N2O2S/c20-12-7-8-16-17(10-12)26-19(22-16)23(11-13-4-3-9-25-13)18(24)14-5-1-2-6-15(14)21/h1-10H,11H2. The molecule has 0 spiro atoms. The second kappa shape index (κ2) is 6.68. The van der Waals surface area contributed by atoms with Gasteiger partial charge < -0.3 is 4.42 Å². The average molecular weight is 370 g/mol. The predicted octanol–water partition coefficient (Wildman–Crippen LogP) is 5.01. The van der Waals surface area contributed by atoms with Crippen LogP contribution in [0.2, 0.25) is 0 Å². The second-order valence-electron chi connectivity index (χ2n) is 5.56. The van der Waals surface area contributed by atoms with Crippen LogP contribution in [-0.2, 0) is 6.54 Å². The molecule has 4 rings (SSSR count). The summed E-state index contributed by atoms with van der Waals surface area (Å²) in [6, 6.07) is 13.4. The van der Waals surface area contributed by atoms with Crippen molar-refractivity contribution in [2.24, 2.45) is 0 Å². The number of anilines is 1. The molecule has 0 saturated carbocycles. The number of halogens is 2. The van der Waals surface area contributed by atoms with E-state index in [9.17, 15) is 13.6 Å². The van der Waals surface area contributed by atoms with Crippen molar-refractivity contribution < 1.29 is 18.0 Å². The van der Waals surface area contributed by atoms with Gasteiger partial charge >= 0.3 is 0 Å². The van der Waals surface area contributed by atoms with Crippen LogP contribution in [0.5, 0.6) is 0 Å². The van der Waals surface area contributed by atoms with E-state index in [1.807, 2.05) is 0 Å². The van der Waals surface area contributed by atoms with E-state index in [4.69, 9.17) is 4.42 Å². The van der Waals surface area contributed by atoms with Crippen molar-refractivity contribution in [3.63, 3.8) is 0 Å². The zero-order valence-corrected chi connectivity index (χ0v) is 14.2. The van der Waals surface area contributed by atoms with E-state index in [0.717, 1.165) is 11.3 Å². The monoisotopic (exact) mass is 370 g/mol. The fraction of sp³-hybridized carbons (Fsp3) is 0.0526. The van der Waals surface area contributed by atoms with E-state index >= 15 is 0 Å². The molecule has 0 aliphatic rings. The Balaban J connectivity index is 1.79. The Morgan fingerprint density at radius 2 is 1.96 bits per heavy atom. The van der Waals surface area contributed by atoms with Crippen molar-refractivity contribution in [2.45, 2.75) is 6.54 Å². The van der Waals surface area contributed by atoms with Crippen molar-refractivity contribution >= 4 is 32.6 Å². The number of hydrogen-bond donors (Lipinski definition) is 0. The highest BCUT2D eigenvalue weighted by Gasteiger charge is 2.24. The first-order valence-electron chi connectivity index (χ1n) is 7.77. The number of hydrogen-bond acceptors (Lipinski definition) is 4. The second-order valence-corrected chi connectivity index (χ2v) is 6.57. The number of furan rings is 1. The number of carbonyl (C=O) groups excluding carboxylic acids is 1. The van der Waals surface area contributed by atoms with Crippen molar-refractivity contribution in [3.8, 4) is 0 Å². The summed E-state index contributed by atoms with van der Waals surface area (Å²) in [7, 11) is 0. The fourth-order valence-electron chi connectivity index (χ4n) is 2.57. The van der Waals surface area contributed by atoms with Crippen LogP contribution in [0.4, 0.5) is 13.9 Å². The summed E-state index contributed by atoms with van der Waals surface area (Å²) in [6.45, 7) is 0.0858. The molecule has 0 aliphatic carbocycles. The molecule has 7 heteroatoms. The number of benzene rings is 2. The molecule has 2 heterocycles. The molecule has 4 aromatic rings. The first kappa shape index (κ1) is 16.4. The number of fused-ring (bicyclic) bond motifs is 1. The Bertz CT molecular complexity index is 1080. The maximum atomic E-state index is 14.1. The number of rotatable bonds is 4. The molecule has 2 aromatic carbocycles. The largest absolute Gasteiger partial charge is 0.467 e. The number of thiazole rings is 1. The smallest absolute Gasteiger partial charge is 0.263 e. The molecule has 0 fully saturated rings. The summed E-state index contributed by atoms with van der Waals surface area (Å²) in [4.78, 5) is 18.7. The van der Waals surface area contributed by atoms with Gasteiger partial charge in [0.05, 0.1) is 28.6 Å². The number of nitrogens with zero attached hydrogens (tertiary/aromatic N) is 2. The molecule has 1 amide bonds. The van der Waals surface area contributed by atoms with Crippen LogP contribution in [0, 0.1) is 11.6 Å². The maximum Gasteiger partial charge on any atom is 0.263 e. The molecule has 4 nitrogen and oxygen atoms in total. The highest BCUT2D eigenvalue weighted by atomic mass is 32.1. The fourth-order valence-corrected chi connectivity index (χ4v) is 3.55. The minimum atomic E-state index is -0.617. The Hall–Kier alpha value is -3.06. The van der Waals surface area contributed by atoms with Crippen molar-refractivity contribution in [3.05, 3.63) is 83.8 Å². The summed E-state index contributed by atoms with van der Waals surface area (Å²) in [5.74, 6) is -1.01. The van der Waals surface area contributed by atoms with E-state index in [-0.39, 0.29) is 17.9 Å². The zero-order valence-electron chi connectivity index (χ0n) is 13.4. The topological polar surface area (TPSA) is 46.3 Å². The van der Waals surface area contributed by atoms with Crippen LogP contribution < -0.4 is 4.90 Å². The van der Waals surface area contributed by atoms with Gasteiger partial charge in [0, 0.05) is 0 Å². The minimum Gasteiger partial charge on any atom is -0.467 e. The molecule has 0 saturated heterocycles. The average Bonchev–Trinajstić information content (AvgIpc) is 3.28. The molecule has 26 heavy (non-hydrogen) atoms. The van der Waals surface area contributed by atoms with Gasteiger partial charge in [0.15, 0.2) is 5.13 Å². The van der Waals surface area contributed by atoms with Gasteiger partial charge in [0.2, 0.25) is 0 Å². The number of amides is 1. The van der Waals surface area contributed by atoms with Crippen molar-refractivity contribution in [1.82, 2.24) is 4.98 Å². The quantitative estimate of drug-likeness (QED) is 0.507. The van der Waals surface area contributed by atoms with Crippen LogP contribution in [0.3, 0.4) is 0 Å². The molecule has 0 atom stereocenters. The first-order chi connectivity index (χ1) is 12.6. The molecular formula is C19H12F2N2O2S. The molecule has 0 N–H and O–H groups in total. The highest BCUT2D eigenvalue weighted by molar-refractivity contribution is 7.22. The molecule has 0 unspecified atom stereocenters. The Labute approximate surface area is 151 Å². The van der Waals surface area contributed by atoms with Crippen LogP contribution in [0.25, 0.3) is 10.2 Å². The SMILES string of the molecule is O=C(c1ccccc1F)N(Cc1ccco1)c1nc2ccc(F)cc2s1. The van der Waals surface area contributed by atoms with E-state index in [2.05, 4.69) is 4.98 Å². The van der Waals surface area contributed by atoms with E-state index < -0.39 is 11.7 Å². The minimum absolute atomic E-state index is 0.0653. The summed E-state index contributed by atoms with van der Waals surface area (Å²) in [5, 5.41) is 0.343. The van der Waals surface area contributed by atoms with Crippen molar-refractivity contribution in [2.75, 3.05) is 4.90 Å². The third-order valence-corrected chi connectivity index (χ3v) is 4.85. The van der Waals surface area contributed by atoms with Crippen molar-refractivity contribution in [1.29, 1.82) is 0 Å². The molecular weight excluding hydrogens is 358 g/mol. The summed E-state index contributed by atoms with van der Waals surface area (Å²) in [6.07, 6.45) is 1.49. The van der Waals surface area contributed by atoms with Gasteiger partial charge in [-0.3, -0.25) is 9.69 Å². The van der Waals surface area contributed by atoms with Gasteiger partial charge in [-0.15, -0.1) is 0 Å². The van der Waals surface area contributed by atoms with Gasteiger partial charge in [-0.25, -0.2) is 13.8 Å². The Morgan fingerprint density at radius 1 is 1.12 bits per heavy atom. The molecule has 2 aromatic heterocycles. The Kier molecular flexibility index (Phi) is 4.22. The first-order valence-corrected chi connectivity index (χ1v) is 8.58. The van der Waals surface area contributed by atoms with E-state index in [0.29, 0.717) is 21.1 Å². The summed E-state index contributed by atoms with van der Waals surface area (Å²) >= 11 is 1.16. The lowest BCUT2D eigenvalue weighted by atomic mass is 10.2. The van der Waals surface area contributed by atoms with Gasteiger partial charge in [-0.05, 0) is 42.5 Å². The molecule has 130 valence electrons. The third kappa shape index (κ3) is 3.09. The predicted molar refractivity (Wildman–Crippen MR) is 95.2 cm³/mol. The number of carbonyl (C=O) groups is 1. The third-order valence-electron chi connectivity index (χ3n) is 3.81. The molecule has 0 radical (unpaired) electrons. The maximum absolute atomic E-state index is 14.1. The van der Waals surface area contributed by atoms with Gasteiger partial charge in [-0.1, -0.05) is 23.5 Å². The Morgan fingerprint density at radius 3 is 2.73 bits per heavy atom. The number of aromatic nitrogens is 1. The summed E-state index contributed by atoms with van der Waals surface area (Å²) < 4.78 is 33.5. The lowest BCUT2D eigenvalue weighted by Crippen LogP contribution is -2.30. The molecule has 0 aliphatic heterocycles. The van der Waals surface area contributed by atoms with Gasteiger partial charge in [0.25, 0.3) is 5.91 Å². The van der Waals surface area contributed by atoms with E-state index in [1.165, 1.54) is 41.5 Å². The van der Waals surface area contributed by atoms with E-state index in [1.54, 1.807) is 24.3 Å². The zero-order chi connectivity index (χ0) is 18.1. The van der Waals surface area contributed by atoms with Crippen LogP contribution in [-0.4, -0.2) is 10.9 Å². The lowest BCUT2D eigenvalue weighted by Gasteiger charge is -2.19. The van der Waals surface area contributed by atoms with Gasteiger partial charge in [-0.2, -0.15) is 0 Å². The van der Waals surface area contributed by atoms with Crippen LogP contribution in [0.15, 0.2) is 65.3 Å². The summed E-state index contributed by atoms with van der Waals surface area (Å²) in [5.41, 5.74) is 0.502. The molecule has 0 bridgehead atoms. The van der Waals surface area contributed by atoms with Gasteiger partial charge in [0.1, 0.15) is 17.4 Å². The normalized spacial score (nSPS) is 11.0. The van der Waals surface area contributed by atoms with Crippen LogP contribution in [0.1, 0.15) is 16.1 Å². The highest BCUT2D eigenvalue weighted by Crippen LogP contribution is 2.31. The van der Waals surface area contributed by atoms with Crippen LogP contribution >= 0.6 is 11.3 Å². The lowest BCUT2D eigenvalue weighted by molar-refractivity contribution is 0.0979.